The number of thiol groups is 1. The van der Waals surface area contributed by atoms with Crippen LogP contribution in [0, 0.1) is 0 Å². The van der Waals surface area contributed by atoms with Crippen LogP contribution in [-0.4, -0.2) is 19.6 Å². The summed E-state index contributed by atoms with van der Waals surface area (Å²) in [5.41, 5.74) is 2.15. The third kappa shape index (κ3) is 1.93. The molecule has 0 unspecified atom stereocenters. The lowest BCUT2D eigenvalue weighted by Gasteiger charge is -2.04. The fourth-order valence-electron chi connectivity index (χ4n) is 2.00. The average Bonchev–Trinajstić information content (AvgIpc) is 2.86. The number of aryl methyl sites for hydroxylation is 1. The third-order valence-corrected chi connectivity index (χ3v) is 2.94. The zero-order valence-corrected chi connectivity index (χ0v) is 10.3. The van der Waals surface area contributed by atoms with Crippen molar-refractivity contribution in [3.8, 4) is 0 Å². The van der Waals surface area contributed by atoms with Crippen molar-refractivity contribution in [3.63, 3.8) is 0 Å². The zero-order valence-electron chi connectivity index (χ0n) is 9.41. The Morgan fingerprint density at radius 1 is 1.35 bits per heavy atom. The zero-order chi connectivity index (χ0) is 11.8. The van der Waals surface area contributed by atoms with Crippen molar-refractivity contribution in [1.29, 1.82) is 0 Å². The summed E-state index contributed by atoms with van der Waals surface area (Å²) < 4.78 is 3.71. The van der Waals surface area contributed by atoms with Gasteiger partial charge >= 0.3 is 0 Å². The van der Waals surface area contributed by atoms with E-state index < -0.39 is 0 Å². The molecule has 4 nitrogen and oxygen atoms in total. The van der Waals surface area contributed by atoms with Crippen molar-refractivity contribution in [1.82, 2.24) is 19.6 Å². The monoisotopic (exact) mass is 244 g/mol. The number of hydrogen-bond acceptors (Lipinski definition) is 3. The number of aromatic nitrogens is 4. The summed E-state index contributed by atoms with van der Waals surface area (Å²) in [6, 6.07) is 5.98. The van der Waals surface area contributed by atoms with E-state index in [0.717, 1.165) is 27.9 Å². The second-order valence-corrected chi connectivity index (χ2v) is 4.57. The van der Waals surface area contributed by atoms with Crippen LogP contribution < -0.4 is 0 Å². The summed E-state index contributed by atoms with van der Waals surface area (Å²) in [5.74, 6) is 0. The minimum atomic E-state index is 0.717. The van der Waals surface area contributed by atoms with Crippen LogP contribution in [0.2, 0.25) is 0 Å². The summed E-state index contributed by atoms with van der Waals surface area (Å²) in [7, 11) is 1.93. The van der Waals surface area contributed by atoms with Gasteiger partial charge in [-0.1, -0.05) is 0 Å². The van der Waals surface area contributed by atoms with Crippen molar-refractivity contribution >= 4 is 23.5 Å². The van der Waals surface area contributed by atoms with Gasteiger partial charge in [0.15, 0.2) is 0 Å². The van der Waals surface area contributed by atoms with Crippen LogP contribution in [0.5, 0.6) is 0 Å². The molecule has 0 N–H and O–H groups in total. The van der Waals surface area contributed by atoms with E-state index in [1.807, 2.05) is 47.0 Å². The molecule has 0 saturated carbocycles. The van der Waals surface area contributed by atoms with E-state index >= 15 is 0 Å². The first-order valence-electron chi connectivity index (χ1n) is 5.35. The Labute approximate surface area is 104 Å². The Hall–Kier alpha value is -1.75. The molecule has 0 aliphatic rings. The van der Waals surface area contributed by atoms with Gasteiger partial charge in [0.2, 0.25) is 0 Å². The van der Waals surface area contributed by atoms with Gasteiger partial charge in [-0.25, -0.2) is 0 Å². The van der Waals surface area contributed by atoms with Crippen LogP contribution in [0.25, 0.3) is 10.9 Å². The molecule has 1 aromatic carbocycles. The summed E-state index contributed by atoms with van der Waals surface area (Å²) in [6.45, 7) is 0.717. The summed E-state index contributed by atoms with van der Waals surface area (Å²) >= 11 is 4.42. The first kappa shape index (κ1) is 10.4. The van der Waals surface area contributed by atoms with Crippen LogP contribution >= 0.6 is 12.6 Å². The molecule has 0 radical (unpaired) electrons. The van der Waals surface area contributed by atoms with Crippen LogP contribution in [0.1, 0.15) is 5.56 Å². The molecule has 2 aromatic heterocycles. The van der Waals surface area contributed by atoms with Gasteiger partial charge in [-0.15, -0.1) is 12.6 Å². The Bertz CT molecular complexity index is 655. The highest BCUT2D eigenvalue weighted by Crippen LogP contribution is 2.22. The van der Waals surface area contributed by atoms with Crippen LogP contribution in [-0.2, 0) is 13.6 Å². The lowest BCUT2D eigenvalue weighted by Crippen LogP contribution is -2.01. The van der Waals surface area contributed by atoms with E-state index in [-0.39, 0.29) is 0 Å². The predicted octanol–water partition coefficient (Wildman–Crippen LogP) is 2.11. The highest BCUT2D eigenvalue weighted by Gasteiger charge is 2.07. The van der Waals surface area contributed by atoms with Gasteiger partial charge in [-0.05, 0) is 18.2 Å². The second kappa shape index (κ2) is 3.92. The fraction of sp³-hybridized carbons (Fsp3) is 0.167. The third-order valence-electron chi connectivity index (χ3n) is 2.68. The maximum absolute atomic E-state index is 4.48. The molecule has 0 saturated heterocycles. The topological polar surface area (TPSA) is 35.6 Å². The molecule has 3 rings (SSSR count). The van der Waals surface area contributed by atoms with Crippen molar-refractivity contribution in [3.05, 3.63) is 42.4 Å². The van der Waals surface area contributed by atoms with Gasteiger partial charge in [0, 0.05) is 41.5 Å². The molecule has 0 atom stereocenters. The van der Waals surface area contributed by atoms with Gasteiger partial charge in [0.1, 0.15) is 0 Å². The molecule has 86 valence electrons. The van der Waals surface area contributed by atoms with E-state index in [2.05, 4.69) is 22.8 Å². The SMILES string of the molecule is Cn1cc2cc(S)cc(Cn3cccn3)c2n1. The van der Waals surface area contributed by atoms with Gasteiger partial charge < -0.3 is 0 Å². The standard InChI is InChI=1S/C12H12N4S/c1-15-7-9-5-11(17)6-10(12(9)14-15)8-16-4-2-3-13-16/h2-7,17H,8H2,1H3. The second-order valence-electron chi connectivity index (χ2n) is 4.05. The van der Waals surface area contributed by atoms with E-state index in [4.69, 9.17) is 0 Å². The minimum absolute atomic E-state index is 0.717. The van der Waals surface area contributed by atoms with Crippen molar-refractivity contribution in [2.24, 2.45) is 7.05 Å². The molecule has 0 fully saturated rings. The molecule has 0 bridgehead atoms. The molecule has 0 spiro atoms. The Balaban J connectivity index is 2.14. The predicted molar refractivity (Wildman–Crippen MR) is 69.3 cm³/mol. The number of nitrogens with zero attached hydrogens (tertiary/aromatic N) is 4. The molecule has 0 aliphatic carbocycles. The first-order chi connectivity index (χ1) is 8.22. The largest absolute Gasteiger partial charge is 0.275 e. The summed E-state index contributed by atoms with van der Waals surface area (Å²) in [5, 5.41) is 9.80. The number of rotatable bonds is 2. The Morgan fingerprint density at radius 2 is 2.24 bits per heavy atom. The molecule has 0 aliphatic heterocycles. The van der Waals surface area contributed by atoms with Gasteiger partial charge in [-0.3, -0.25) is 9.36 Å². The van der Waals surface area contributed by atoms with E-state index in [0.29, 0.717) is 0 Å². The van der Waals surface area contributed by atoms with Gasteiger partial charge in [-0.2, -0.15) is 10.2 Å². The average molecular weight is 244 g/mol. The molecule has 3 aromatic rings. The Kier molecular flexibility index (Phi) is 2.40. The van der Waals surface area contributed by atoms with E-state index in [1.165, 1.54) is 0 Å². The number of fused-ring (bicyclic) bond motifs is 1. The van der Waals surface area contributed by atoms with Crippen molar-refractivity contribution in [2.75, 3.05) is 0 Å². The first-order valence-corrected chi connectivity index (χ1v) is 5.80. The molecule has 5 heteroatoms. The fourth-order valence-corrected chi connectivity index (χ4v) is 2.29. The molecule has 17 heavy (non-hydrogen) atoms. The number of benzene rings is 1. The molecule has 2 heterocycles. The quantitative estimate of drug-likeness (QED) is 0.701. The van der Waals surface area contributed by atoms with E-state index in [9.17, 15) is 0 Å². The maximum Gasteiger partial charge on any atom is 0.0974 e. The normalized spacial score (nSPS) is 11.2. The van der Waals surface area contributed by atoms with Crippen LogP contribution in [0.3, 0.4) is 0 Å². The van der Waals surface area contributed by atoms with Gasteiger partial charge in [0.05, 0.1) is 12.1 Å². The van der Waals surface area contributed by atoms with Crippen LogP contribution in [0.15, 0.2) is 41.7 Å². The van der Waals surface area contributed by atoms with Crippen molar-refractivity contribution in [2.45, 2.75) is 11.4 Å². The summed E-state index contributed by atoms with van der Waals surface area (Å²) in [6.07, 6.45) is 5.72. The van der Waals surface area contributed by atoms with Crippen molar-refractivity contribution < 1.29 is 0 Å². The summed E-state index contributed by atoms with van der Waals surface area (Å²) in [4.78, 5) is 0.952. The Morgan fingerprint density at radius 3 is 3.00 bits per heavy atom. The smallest absolute Gasteiger partial charge is 0.0974 e. The van der Waals surface area contributed by atoms with E-state index in [1.54, 1.807) is 6.20 Å². The highest BCUT2D eigenvalue weighted by molar-refractivity contribution is 7.80. The lowest BCUT2D eigenvalue weighted by molar-refractivity contribution is 0.686. The van der Waals surface area contributed by atoms with Crippen LogP contribution in [0.4, 0.5) is 0 Å². The van der Waals surface area contributed by atoms with Gasteiger partial charge in [0.25, 0.3) is 0 Å². The number of hydrogen-bond donors (Lipinski definition) is 1. The highest BCUT2D eigenvalue weighted by atomic mass is 32.1. The molecule has 0 amide bonds. The lowest BCUT2D eigenvalue weighted by atomic mass is 10.1. The maximum atomic E-state index is 4.48. The molecular weight excluding hydrogens is 232 g/mol. The molecular formula is C12H12N4S. The minimum Gasteiger partial charge on any atom is -0.275 e.